The predicted molar refractivity (Wildman–Crippen MR) is 209 cm³/mol. The van der Waals surface area contributed by atoms with Gasteiger partial charge in [-0.15, -0.1) is 0 Å². The molecule has 0 radical (unpaired) electrons. The largest absolute Gasteiger partial charge is 0.497 e. The Hall–Kier alpha value is -4.14. The molecule has 3 saturated heterocycles. The Morgan fingerprint density at radius 1 is 0.945 bits per heavy atom. The molecule has 5 fully saturated rings. The molecule has 0 spiro atoms. The number of fused-ring (bicyclic) bond motifs is 10. The molecule has 14 heteroatoms. The number of rotatable bonds is 8. The van der Waals surface area contributed by atoms with Crippen molar-refractivity contribution in [2.75, 3.05) is 59.5 Å². The number of nitrogens with one attached hydrogen (secondary N) is 2. The first-order chi connectivity index (χ1) is 26.6. The standard InChI is InChI=1S/C41H53N7O6S/c1-4-44(5-2)40(51)45-24-28-12-13-29(25-45)47(28)39(50)41-23-34(41)33-22-30(54-3)14-16-31(33)37-36(26-9-7-6-8-10-26)32-15-11-27(21-35(32)48(37)41)38(49)43-55(52,53)46-19-17-42-18-20-46/h11,14-16,21-22,26,28-29,34,42H,4-10,12-13,17-20,23-25H2,1-3H3,(H,43,49). The van der Waals surface area contributed by atoms with Gasteiger partial charge in [0.25, 0.3) is 5.91 Å². The highest BCUT2D eigenvalue weighted by Gasteiger charge is 2.68. The molecule has 4 aliphatic heterocycles. The van der Waals surface area contributed by atoms with E-state index in [0.29, 0.717) is 45.7 Å². The van der Waals surface area contributed by atoms with Crippen LogP contribution >= 0.6 is 0 Å². The average molecular weight is 772 g/mol. The number of carbonyl (C=O) groups is 3. The van der Waals surface area contributed by atoms with Gasteiger partial charge in [-0.2, -0.15) is 12.7 Å². The molecular weight excluding hydrogens is 719 g/mol. The molecule has 2 saturated carbocycles. The van der Waals surface area contributed by atoms with E-state index in [1.165, 1.54) is 16.3 Å². The van der Waals surface area contributed by atoms with Gasteiger partial charge in [0.1, 0.15) is 11.3 Å². The summed E-state index contributed by atoms with van der Waals surface area (Å²) in [5.41, 5.74) is 4.57. The first-order valence-electron chi connectivity index (χ1n) is 20.4. The van der Waals surface area contributed by atoms with Crippen molar-refractivity contribution < 1.29 is 27.5 Å². The van der Waals surface area contributed by atoms with Crippen LogP contribution in [-0.2, 0) is 20.5 Å². The lowest BCUT2D eigenvalue weighted by Gasteiger charge is -2.44. The van der Waals surface area contributed by atoms with Crippen molar-refractivity contribution in [1.82, 2.24) is 33.6 Å². The average Bonchev–Trinajstić information content (AvgIpc) is 3.80. The summed E-state index contributed by atoms with van der Waals surface area (Å²) >= 11 is 0. The van der Waals surface area contributed by atoms with E-state index < -0.39 is 21.7 Å². The first kappa shape index (κ1) is 36.5. The third-order valence-electron chi connectivity index (χ3n) is 13.5. The van der Waals surface area contributed by atoms with Crippen LogP contribution in [0.15, 0.2) is 36.4 Å². The molecule has 4 atom stereocenters. The fourth-order valence-corrected chi connectivity index (χ4v) is 11.9. The number of ether oxygens (including phenoxy) is 1. The molecule has 3 aromatic rings. The zero-order valence-electron chi connectivity index (χ0n) is 32.2. The molecule has 9 rings (SSSR count). The van der Waals surface area contributed by atoms with Gasteiger partial charge in [-0.1, -0.05) is 25.3 Å². The minimum atomic E-state index is -4.04. The highest BCUT2D eigenvalue weighted by atomic mass is 32.2. The normalized spacial score (nSPS) is 26.3. The highest BCUT2D eigenvalue weighted by Crippen LogP contribution is 2.67. The fourth-order valence-electron chi connectivity index (χ4n) is 10.7. The van der Waals surface area contributed by atoms with Crippen LogP contribution in [-0.4, -0.2) is 121 Å². The summed E-state index contributed by atoms with van der Waals surface area (Å²) < 4.78 is 38.3. The summed E-state index contributed by atoms with van der Waals surface area (Å²) in [6.07, 6.45) is 7.84. The van der Waals surface area contributed by atoms with Gasteiger partial charge in [-0.05, 0) is 93.3 Å². The SMILES string of the molecule is CCN(CC)C(=O)N1CC2CCC(C1)N2C(=O)C12CC1c1cc(OC)ccc1-c1c(C3CCCCC3)c3ccc(C(=O)NS(=O)(=O)N4CCNCC4)cc3n12. The van der Waals surface area contributed by atoms with Gasteiger partial charge in [-0.25, -0.2) is 9.52 Å². The maximum Gasteiger partial charge on any atom is 0.320 e. The molecule has 5 heterocycles. The van der Waals surface area contributed by atoms with Crippen LogP contribution < -0.4 is 14.8 Å². The van der Waals surface area contributed by atoms with E-state index in [9.17, 15) is 18.0 Å². The molecule has 6 aliphatic rings. The number of nitrogens with zero attached hydrogens (tertiary/aromatic N) is 5. The zero-order valence-corrected chi connectivity index (χ0v) is 33.0. The number of urea groups is 1. The number of methoxy groups -OCH3 is 1. The van der Waals surface area contributed by atoms with Crippen LogP contribution in [0.3, 0.4) is 0 Å². The monoisotopic (exact) mass is 771 g/mol. The second-order valence-corrected chi connectivity index (χ2v) is 18.0. The lowest BCUT2D eigenvalue weighted by Crippen LogP contribution is -2.61. The number of carbonyl (C=O) groups excluding carboxylic acids is 3. The maximum absolute atomic E-state index is 15.6. The molecule has 13 nitrogen and oxygen atoms in total. The number of hydrogen-bond donors (Lipinski definition) is 2. The van der Waals surface area contributed by atoms with Crippen LogP contribution in [0.5, 0.6) is 5.75 Å². The molecule has 294 valence electrons. The molecule has 4 amide bonds. The minimum absolute atomic E-state index is 0.0377. The van der Waals surface area contributed by atoms with Gasteiger partial charge in [0.05, 0.1) is 18.3 Å². The number of amides is 4. The Bertz CT molecular complexity index is 2140. The highest BCUT2D eigenvalue weighted by molar-refractivity contribution is 7.87. The van der Waals surface area contributed by atoms with Gasteiger partial charge < -0.3 is 29.3 Å². The second kappa shape index (κ2) is 13.8. The van der Waals surface area contributed by atoms with E-state index >= 15 is 4.79 Å². The lowest BCUT2D eigenvalue weighted by atomic mass is 9.80. The molecule has 2 aromatic carbocycles. The summed E-state index contributed by atoms with van der Waals surface area (Å²) in [5.74, 6) is 0.328. The van der Waals surface area contributed by atoms with Crippen LogP contribution in [0.25, 0.3) is 22.2 Å². The summed E-state index contributed by atoms with van der Waals surface area (Å²) in [7, 11) is -2.37. The molecule has 2 aliphatic carbocycles. The van der Waals surface area contributed by atoms with Crippen LogP contribution in [0, 0.1) is 0 Å². The Balaban J connectivity index is 1.17. The Labute approximate surface area is 323 Å². The van der Waals surface area contributed by atoms with Crippen LogP contribution in [0.4, 0.5) is 4.79 Å². The first-order valence-corrected chi connectivity index (χ1v) is 21.8. The summed E-state index contributed by atoms with van der Waals surface area (Å²) in [6.45, 7) is 7.94. The quantitative estimate of drug-likeness (QED) is 0.343. The van der Waals surface area contributed by atoms with Gasteiger partial charge in [0, 0.05) is 86.9 Å². The molecule has 2 bridgehead atoms. The van der Waals surface area contributed by atoms with Crippen molar-refractivity contribution in [2.45, 2.75) is 94.7 Å². The number of benzene rings is 2. The van der Waals surface area contributed by atoms with E-state index in [4.69, 9.17) is 4.74 Å². The van der Waals surface area contributed by atoms with Crippen LogP contribution in [0.2, 0.25) is 0 Å². The van der Waals surface area contributed by atoms with Crippen molar-refractivity contribution in [3.8, 4) is 17.0 Å². The molecule has 2 N–H and O–H groups in total. The summed E-state index contributed by atoms with van der Waals surface area (Å²) in [5, 5.41) is 4.17. The number of piperazine rings is 2. The van der Waals surface area contributed by atoms with E-state index in [1.54, 1.807) is 13.2 Å². The van der Waals surface area contributed by atoms with Crippen LogP contribution in [0.1, 0.15) is 98.5 Å². The van der Waals surface area contributed by atoms with Crippen molar-refractivity contribution in [3.05, 3.63) is 53.1 Å². The van der Waals surface area contributed by atoms with Gasteiger partial charge in [-0.3, -0.25) is 9.59 Å². The van der Waals surface area contributed by atoms with E-state index in [0.717, 1.165) is 72.0 Å². The third kappa shape index (κ3) is 5.76. The topological polar surface area (TPSA) is 137 Å². The molecule has 4 unspecified atom stereocenters. The van der Waals surface area contributed by atoms with Crippen molar-refractivity contribution in [3.63, 3.8) is 0 Å². The third-order valence-corrected chi connectivity index (χ3v) is 15.0. The molecule has 1 aromatic heterocycles. The molecule has 55 heavy (non-hydrogen) atoms. The number of aromatic nitrogens is 1. The van der Waals surface area contributed by atoms with E-state index in [2.05, 4.69) is 31.6 Å². The fraction of sp³-hybridized carbons (Fsp3) is 0.585. The van der Waals surface area contributed by atoms with Crippen molar-refractivity contribution in [2.24, 2.45) is 0 Å². The zero-order chi connectivity index (χ0) is 38.2. The smallest absolute Gasteiger partial charge is 0.320 e. The maximum atomic E-state index is 15.6. The van der Waals surface area contributed by atoms with Crippen molar-refractivity contribution >= 4 is 39.0 Å². The van der Waals surface area contributed by atoms with Gasteiger partial charge >= 0.3 is 16.2 Å². The Morgan fingerprint density at radius 2 is 1.65 bits per heavy atom. The van der Waals surface area contributed by atoms with Gasteiger partial charge in [0.2, 0.25) is 5.91 Å². The van der Waals surface area contributed by atoms with Gasteiger partial charge in [0.15, 0.2) is 0 Å². The Kier molecular flexibility index (Phi) is 9.16. The number of likely N-dealkylation sites (tertiary alicyclic amines) is 1. The second-order valence-electron chi connectivity index (χ2n) is 16.3. The molecular formula is C41H53N7O6S. The van der Waals surface area contributed by atoms with Crippen molar-refractivity contribution in [1.29, 1.82) is 0 Å². The lowest BCUT2D eigenvalue weighted by molar-refractivity contribution is -0.141. The van der Waals surface area contributed by atoms with E-state index in [-0.39, 0.29) is 54.5 Å². The minimum Gasteiger partial charge on any atom is -0.497 e. The summed E-state index contributed by atoms with van der Waals surface area (Å²) in [6, 6.07) is 11.7. The van der Waals surface area contributed by atoms with E-state index in [1.807, 2.05) is 41.8 Å². The predicted octanol–water partition coefficient (Wildman–Crippen LogP) is 4.58. The number of hydrogen-bond acceptors (Lipinski definition) is 7. The Morgan fingerprint density at radius 3 is 2.33 bits per heavy atom. The summed E-state index contributed by atoms with van der Waals surface area (Å²) in [4.78, 5) is 48.9.